The molecule has 4 rings (SSSR count). The van der Waals surface area contributed by atoms with E-state index in [0.29, 0.717) is 17.8 Å². The summed E-state index contributed by atoms with van der Waals surface area (Å²) in [6.45, 7) is 8.57. The molecule has 4 unspecified atom stereocenters. The van der Waals surface area contributed by atoms with Crippen LogP contribution in [0.1, 0.15) is 63.0 Å². The number of hydrogen-bond acceptors (Lipinski definition) is 3. The van der Waals surface area contributed by atoms with Crippen molar-refractivity contribution in [1.29, 1.82) is 0 Å². The predicted molar refractivity (Wildman–Crippen MR) is 101 cm³/mol. The predicted octanol–water partition coefficient (Wildman–Crippen LogP) is 4.54. The standard InChI is InChI=1S/C22H31NO2/c1-5-7-8-15-14-10-12-17(24-4)20-18(14)22(6-2)16(19(15)23)11-9-13(3)21(22)25-20/h5,10,12-13,15-16,19,21H,1,6-9,11,23H2,2-4H3/t13?,15-,16?,19?,21?,22+/m0/s1. The molecule has 136 valence electrons. The lowest BCUT2D eigenvalue weighted by Gasteiger charge is -2.54. The van der Waals surface area contributed by atoms with Crippen LogP contribution in [0.25, 0.3) is 0 Å². The highest BCUT2D eigenvalue weighted by molar-refractivity contribution is 5.61. The Hall–Kier alpha value is -1.48. The Morgan fingerprint density at radius 3 is 2.88 bits per heavy atom. The smallest absolute Gasteiger partial charge is 0.165 e. The van der Waals surface area contributed by atoms with Gasteiger partial charge in [0.1, 0.15) is 6.10 Å². The monoisotopic (exact) mass is 341 g/mol. The minimum absolute atomic E-state index is 0.0565. The molecule has 1 heterocycles. The van der Waals surface area contributed by atoms with Gasteiger partial charge in [0.2, 0.25) is 0 Å². The first-order chi connectivity index (χ1) is 12.1. The first kappa shape index (κ1) is 17.0. The summed E-state index contributed by atoms with van der Waals surface area (Å²) in [5.74, 6) is 3.32. The Labute approximate surface area is 151 Å². The van der Waals surface area contributed by atoms with Crippen molar-refractivity contribution in [2.75, 3.05) is 7.11 Å². The highest BCUT2D eigenvalue weighted by atomic mass is 16.5. The molecule has 0 aromatic heterocycles. The third kappa shape index (κ3) is 2.08. The summed E-state index contributed by atoms with van der Waals surface area (Å²) < 4.78 is 12.3. The van der Waals surface area contributed by atoms with Crippen LogP contribution < -0.4 is 15.2 Å². The minimum atomic E-state index is 0.0565. The van der Waals surface area contributed by atoms with E-state index in [1.807, 2.05) is 6.08 Å². The van der Waals surface area contributed by atoms with Crippen molar-refractivity contribution in [2.45, 2.75) is 69.4 Å². The fourth-order valence-corrected chi connectivity index (χ4v) is 6.20. The molecule has 2 aliphatic carbocycles. The first-order valence-corrected chi connectivity index (χ1v) is 9.84. The van der Waals surface area contributed by atoms with Crippen LogP contribution in [0.3, 0.4) is 0 Å². The lowest BCUT2D eigenvalue weighted by molar-refractivity contribution is -0.00981. The summed E-state index contributed by atoms with van der Waals surface area (Å²) >= 11 is 0. The van der Waals surface area contributed by atoms with Crippen molar-refractivity contribution in [3.63, 3.8) is 0 Å². The van der Waals surface area contributed by atoms with Gasteiger partial charge in [0.15, 0.2) is 11.5 Å². The van der Waals surface area contributed by atoms with Gasteiger partial charge in [-0.2, -0.15) is 0 Å². The molecule has 0 radical (unpaired) electrons. The maximum absolute atomic E-state index is 6.93. The Morgan fingerprint density at radius 2 is 2.20 bits per heavy atom. The Balaban J connectivity index is 1.95. The number of rotatable bonds is 5. The van der Waals surface area contributed by atoms with Gasteiger partial charge in [0.05, 0.1) is 7.11 Å². The fourth-order valence-electron chi connectivity index (χ4n) is 6.20. The van der Waals surface area contributed by atoms with E-state index < -0.39 is 0 Å². The van der Waals surface area contributed by atoms with Crippen LogP contribution in [0, 0.1) is 11.8 Å². The topological polar surface area (TPSA) is 44.5 Å². The first-order valence-electron chi connectivity index (χ1n) is 9.84. The average Bonchev–Trinajstić information content (AvgIpc) is 2.99. The summed E-state index contributed by atoms with van der Waals surface area (Å²) in [5.41, 5.74) is 9.81. The van der Waals surface area contributed by atoms with E-state index in [4.69, 9.17) is 15.2 Å². The Kier molecular flexibility index (Phi) is 4.10. The molecule has 1 aromatic rings. The molecule has 1 aliphatic heterocycles. The van der Waals surface area contributed by atoms with Gasteiger partial charge in [-0.1, -0.05) is 26.0 Å². The number of methoxy groups -OCH3 is 1. The number of hydrogen-bond donors (Lipinski definition) is 1. The molecule has 3 nitrogen and oxygen atoms in total. The molecular weight excluding hydrogens is 310 g/mol. The van der Waals surface area contributed by atoms with Gasteiger partial charge < -0.3 is 15.2 Å². The van der Waals surface area contributed by atoms with Crippen molar-refractivity contribution in [3.8, 4) is 11.5 Å². The SMILES string of the molecule is C=CCC[C@H]1c2ccc(OC)c3c2[C@@]2(CC)C(CCC(C)C2O3)C1N. The molecule has 25 heavy (non-hydrogen) atoms. The average molecular weight is 341 g/mol. The van der Waals surface area contributed by atoms with Crippen LogP contribution in [0.5, 0.6) is 11.5 Å². The number of allylic oxidation sites excluding steroid dienone is 1. The van der Waals surface area contributed by atoms with Crippen molar-refractivity contribution in [3.05, 3.63) is 35.9 Å². The number of ether oxygens (including phenoxy) is 2. The summed E-state index contributed by atoms with van der Waals surface area (Å²) in [4.78, 5) is 0. The van der Waals surface area contributed by atoms with Gasteiger partial charge in [-0.05, 0) is 55.6 Å². The Bertz CT molecular complexity index is 685. The molecule has 2 N–H and O–H groups in total. The summed E-state index contributed by atoms with van der Waals surface area (Å²) in [5, 5.41) is 0. The maximum Gasteiger partial charge on any atom is 0.165 e. The highest BCUT2D eigenvalue weighted by Crippen LogP contribution is 2.64. The lowest BCUT2D eigenvalue weighted by Crippen LogP contribution is -2.60. The second-order valence-electron chi connectivity index (χ2n) is 8.20. The van der Waals surface area contributed by atoms with E-state index in [2.05, 4.69) is 32.6 Å². The van der Waals surface area contributed by atoms with Crippen molar-refractivity contribution < 1.29 is 9.47 Å². The van der Waals surface area contributed by atoms with Crippen LogP contribution in [0.15, 0.2) is 24.8 Å². The molecule has 0 saturated heterocycles. The van der Waals surface area contributed by atoms with E-state index in [1.165, 1.54) is 24.0 Å². The zero-order chi connectivity index (χ0) is 17.8. The van der Waals surface area contributed by atoms with Gasteiger partial charge in [-0.3, -0.25) is 0 Å². The van der Waals surface area contributed by atoms with E-state index in [-0.39, 0.29) is 17.6 Å². The summed E-state index contributed by atoms with van der Waals surface area (Å²) in [7, 11) is 1.74. The van der Waals surface area contributed by atoms with Crippen molar-refractivity contribution >= 4 is 0 Å². The second-order valence-corrected chi connectivity index (χ2v) is 8.20. The largest absolute Gasteiger partial charge is 0.493 e. The molecule has 0 amide bonds. The molecule has 6 atom stereocenters. The minimum Gasteiger partial charge on any atom is -0.493 e. The molecular formula is C22H31NO2. The van der Waals surface area contributed by atoms with Crippen LogP contribution >= 0.6 is 0 Å². The van der Waals surface area contributed by atoms with Gasteiger partial charge in [-0.25, -0.2) is 0 Å². The van der Waals surface area contributed by atoms with E-state index in [0.717, 1.165) is 30.8 Å². The van der Waals surface area contributed by atoms with Crippen molar-refractivity contribution in [2.24, 2.45) is 17.6 Å². The van der Waals surface area contributed by atoms with Gasteiger partial charge in [-0.15, -0.1) is 6.58 Å². The van der Waals surface area contributed by atoms with Crippen LogP contribution in [-0.2, 0) is 5.41 Å². The van der Waals surface area contributed by atoms with Gasteiger partial charge in [0.25, 0.3) is 0 Å². The maximum atomic E-state index is 6.93. The molecule has 1 fully saturated rings. The zero-order valence-electron chi connectivity index (χ0n) is 15.8. The molecule has 3 aliphatic rings. The quantitative estimate of drug-likeness (QED) is 0.800. The van der Waals surface area contributed by atoms with E-state index in [9.17, 15) is 0 Å². The molecule has 0 bridgehead atoms. The summed E-state index contributed by atoms with van der Waals surface area (Å²) in [6, 6.07) is 4.53. The van der Waals surface area contributed by atoms with Crippen LogP contribution in [-0.4, -0.2) is 19.3 Å². The highest BCUT2D eigenvalue weighted by Gasteiger charge is 2.62. The molecule has 1 saturated carbocycles. The van der Waals surface area contributed by atoms with Crippen LogP contribution in [0.2, 0.25) is 0 Å². The van der Waals surface area contributed by atoms with Crippen molar-refractivity contribution in [1.82, 2.24) is 0 Å². The van der Waals surface area contributed by atoms with Crippen LogP contribution in [0.4, 0.5) is 0 Å². The van der Waals surface area contributed by atoms with E-state index in [1.54, 1.807) is 7.11 Å². The van der Waals surface area contributed by atoms with Gasteiger partial charge in [0, 0.05) is 22.9 Å². The molecule has 3 heteroatoms. The molecule has 0 spiro atoms. The second kappa shape index (κ2) is 6.05. The lowest BCUT2D eigenvalue weighted by atomic mass is 9.50. The number of benzene rings is 1. The zero-order valence-corrected chi connectivity index (χ0v) is 15.8. The third-order valence-electron chi connectivity index (χ3n) is 7.30. The number of nitrogens with two attached hydrogens (primary N) is 1. The van der Waals surface area contributed by atoms with Gasteiger partial charge >= 0.3 is 0 Å². The fraction of sp³-hybridized carbons (Fsp3) is 0.636. The summed E-state index contributed by atoms with van der Waals surface area (Å²) in [6.07, 6.45) is 7.81. The third-order valence-corrected chi connectivity index (χ3v) is 7.30. The Morgan fingerprint density at radius 1 is 1.40 bits per heavy atom. The normalized spacial score (nSPS) is 38.0. The van der Waals surface area contributed by atoms with E-state index >= 15 is 0 Å². The molecule has 1 aromatic carbocycles.